The van der Waals surface area contributed by atoms with Crippen LogP contribution < -0.4 is 44.7 Å². The van der Waals surface area contributed by atoms with Crippen molar-refractivity contribution in [3.63, 3.8) is 0 Å². The Kier molecular flexibility index (Phi) is 18.9. The van der Waals surface area contributed by atoms with Gasteiger partial charge in [-0.15, -0.1) is 0 Å². The molecule has 6 aliphatic rings. The van der Waals surface area contributed by atoms with E-state index < -0.39 is 59.4 Å². The van der Waals surface area contributed by atoms with E-state index in [0.717, 1.165) is 21.8 Å². The van der Waals surface area contributed by atoms with Crippen LogP contribution in [-0.4, -0.2) is 148 Å². The third kappa shape index (κ3) is 14.0. The molecule has 9 aromatic carbocycles. The summed E-state index contributed by atoms with van der Waals surface area (Å²) in [5.41, 5.74) is 2.63. The molecule has 0 bridgehead atoms. The second kappa shape index (κ2) is 30.1. The minimum Gasteiger partial charge on any atom is -0.457 e. The number of para-hydroxylation sites is 4. The third-order valence-corrected chi connectivity index (χ3v) is 21.5. The Morgan fingerprint density at radius 3 is 0.948 bits per heavy atom. The monoisotopic (exact) mass is 1550 g/mol. The van der Waals surface area contributed by atoms with Gasteiger partial charge in [0, 0.05) is 123 Å². The summed E-state index contributed by atoms with van der Waals surface area (Å²) in [6.07, 6.45) is 7.85. The van der Waals surface area contributed by atoms with Crippen molar-refractivity contribution in [2.75, 3.05) is 71.8 Å². The Hall–Kier alpha value is -13.5. The number of amides is 6. The number of epoxide rings is 4. The molecule has 25 heteroatoms. The van der Waals surface area contributed by atoms with Gasteiger partial charge in [0.15, 0.2) is 0 Å². The minimum absolute atomic E-state index is 0.00834. The van der Waals surface area contributed by atoms with Crippen molar-refractivity contribution in [1.29, 1.82) is 0 Å². The summed E-state index contributed by atoms with van der Waals surface area (Å²) in [7, 11) is 0. The van der Waals surface area contributed by atoms with E-state index in [1.165, 1.54) is 9.80 Å². The first-order chi connectivity index (χ1) is 56.6. The number of benzene rings is 9. The van der Waals surface area contributed by atoms with Crippen LogP contribution in [0.25, 0.3) is 43.1 Å². The molecule has 10 heterocycles. The van der Waals surface area contributed by atoms with Gasteiger partial charge in [0.05, 0.1) is 73.1 Å². The number of pyridine rings is 4. The van der Waals surface area contributed by atoms with E-state index in [9.17, 15) is 0 Å². The van der Waals surface area contributed by atoms with Crippen molar-refractivity contribution in [3.05, 3.63) is 247 Å². The Morgan fingerprint density at radius 1 is 0.379 bits per heavy atom. The molecule has 6 amide bonds. The summed E-state index contributed by atoms with van der Waals surface area (Å²) in [4.78, 5) is 125. The lowest BCUT2D eigenvalue weighted by molar-refractivity contribution is -0.123. The normalized spacial score (nSPS) is 17.6. The van der Waals surface area contributed by atoms with Crippen LogP contribution in [0.2, 0.25) is 0 Å². The number of rotatable bonds is 30. The predicted molar refractivity (Wildman–Crippen MR) is 436 cm³/mol. The summed E-state index contributed by atoms with van der Waals surface area (Å²) in [6.45, 7) is 11.0. The molecule has 3 N–H and O–H groups in total. The Bertz CT molecular complexity index is 5370. The number of aromatic nitrogens is 4. The van der Waals surface area contributed by atoms with Crippen LogP contribution in [0.1, 0.15) is 81.1 Å². The van der Waals surface area contributed by atoms with Gasteiger partial charge in [-0.2, -0.15) is 0 Å². The minimum atomic E-state index is -1.56. The van der Waals surface area contributed by atoms with Crippen molar-refractivity contribution in [2.24, 2.45) is 11.8 Å². The van der Waals surface area contributed by atoms with E-state index in [0.29, 0.717) is 92.5 Å². The fraction of sp³-hybridized carbons (Fsp3) is 0.231. The maximum Gasteiger partial charge on any atom is 0.262 e. The zero-order valence-corrected chi connectivity index (χ0v) is 63.6. The number of carbonyl (C=O) groups excluding carboxylic acids is 6. The number of nitrogens with zero attached hydrogens (tertiary/aromatic N) is 8. The quantitative estimate of drug-likeness (QED) is 0.0163. The second-order valence-corrected chi connectivity index (χ2v) is 30.3. The van der Waals surface area contributed by atoms with Gasteiger partial charge in [-0.05, 0) is 133 Å². The van der Waals surface area contributed by atoms with Crippen LogP contribution in [0.15, 0.2) is 219 Å². The molecule has 19 rings (SSSR count). The van der Waals surface area contributed by atoms with Gasteiger partial charge >= 0.3 is 0 Å². The first-order valence-corrected chi connectivity index (χ1v) is 38.9. The van der Waals surface area contributed by atoms with Gasteiger partial charge < -0.3 is 53.8 Å². The molecule has 580 valence electrons. The first kappa shape index (κ1) is 72.8. The van der Waals surface area contributed by atoms with E-state index in [4.69, 9.17) is 57.8 Å². The molecule has 116 heavy (non-hydrogen) atoms. The fourth-order valence-corrected chi connectivity index (χ4v) is 15.7. The molecule has 4 aromatic heterocycles. The maximum absolute atomic E-state index is 16.9. The van der Waals surface area contributed by atoms with Crippen molar-refractivity contribution >= 4 is 119 Å². The molecule has 0 aliphatic carbocycles. The molecule has 6 aliphatic heterocycles. The van der Waals surface area contributed by atoms with E-state index in [-0.39, 0.29) is 136 Å². The van der Waals surface area contributed by atoms with E-state index in [1.807, 2.05) is 36.4 Å². The smallest absolute Gasteiger partial charge is 0.262 e. The average Bonchev–Trinajstić information content (AvgIpc) is 1.35. The standard InChI is InChI=1S/C91H77N11O14/c1-50(2)84(90(107)99(72-35-52(27-31-92-72)25-26-60-46-109-60)73-36-53(28-32-93-73)96-43-61-47-110-61)101-86(103)64-39-68(113-56-17-9-5-10-18-56)78-80-70(115-58-21-13-7-14-22-58)41-66-77-67(42-71(116-59-23-15-8-16-24-59)81(83(77)80)79-69(114-57-19-11-6-12-20-57)40-65(87(101)104)76(64)82(78)79)89(106)102(88(66)105)85(51(3)4)91(108)100(74-37-54(29-33-94-74)97-44-62-48-111-62)75-38-55(30-34-95-75)98-45-63-49-112-63/h5-24,27-42,50-51,60-63,84-85H,25-26,43-49H2,1-4H3,(H,93,96)(H,94,97)(H,95,98). The van der Waals surface area contributed by atoms with Crippen LogP contribution in [0.5, 0.6) is 46.0 Å². The van der Waals surface area contributed by atoms with Crippen LogP contribution in [0.3, 0.4) is 0 Å². The second-order valence-electron chi connectivity index (χ2n) is 30.3. The highest BCUT2D eigenvalue weighted by Crippen LogP contribution is 2.59. The highest BCUT2D eigenvalue weighted by molar-refractivity contribution is 6.45. The number of anilines is 7. The van der Waals surface area contributed by atoms with Crippen molar-refractivity contribution in [3.8, 4) is 46.0 Å². The Morgan fingerprint density at radius 2 is 0.664 bits per heavy atom. The van der Waals surface area contributed by atoms with Crippen molar-refractivity contribution in [2.45, 2.75) is 77.0 Å². The van der Waals surface area contributed by atoms with Crippen LogP contribution in [0, 0.1) is 11.8 Å². The SMILES string of the molecule is CC(C)C(C(=O)N(c1cc(CCC2CO2)ccn1)c1cc(NCC2CO2)ccn1)N1C(=O)c2cc(Oc3ccccc3)c3c4c(Oc5ccccc5)cc5c6c(cc(Oc7ccccc7)c(c7c(Oc8ccccc8)cc(c2c37)C1=O)c64)C(=O)N(C(C(=O)N(c1cc(NCC2CO2)ccn1)c1cc(NCC2CO2)ccn1)C(C)C)C5=O. The van der Waals surface area contributed by atoms with Crippen molar-refractivity contribution < 1.29 is 66.7 Å². The van der Waals surface area contributed by atoms with Gasteiger partial charge in [-0.3, -0.25) is 38.6 Å². The third-order valence-electron chi connectivity index (χ3n) is 21.5. The number of carbonyl (C=O) groups is 6. The van der Waals surface area contributed by atoms with Crippen LogP contribution in [-0.2, 0) is 35.0 Å². The molecule has 6 atom stereocenters. The molecule has 25 nitrogen and oxygen atoms in total. The van der Waals surface area contributed by atoms with Gasteiger partial charge in [-0.1, -0.05) is 100 Å². The summed E-state index contributed by atoms with van der Waals surface area (Å²) in [5.74, 6) is -4.11. The maximum atomic E-state index is 16.9. The predicted octanol–water partition coefficient (Wildman–Crippen LogP) is 16.2. The Balaban J connectivity index is 0.847. The molecule has 4 saturated heterocycles. The van der Waals surface area contributed by atoms with Gasteiger partial charge in [0.2, 0.25) is 0 Å². The summed E-state index contributed by atoms with van der Waals surface area (Å²) < 4.78 is 51.2. The molecule has 13 aromatic rings. The zero-order valence-electron chi connectivity index (χ0n) is 63.6. The largest absolute Gasteiger partial charge is 0.457 e. The number of nitrogens with one attached hydrogen (secondary N) is 3. The van der Waals surface area contributed by atoms with Crippen LogP contribution >= 0.6 is 0 Å². The number of ether oxygens (including phenoxy) is 8. The molecular weight excluding hydrogens is 1470 g/mol. The lowest BCUT2D eigenvalue weighted by atomic mass is 9.80. The average molecular weight is 1550 g/mol. The molecule has 0 saturated carbocycles. The first-order valence-electron chi connectivity index (χ1n) is 38.9. The lowest BCUT2D eigenvalue weighted by Crippen LogP contribution is -2.56. The summed E-state index contributed by atoms with van der Waals surface area (Å²) in [6, 6.07) is 53.2. The van der Waals surface area contributed by atoms with Crippen molar-refractivity contribution in [1.82, 2.24) is 29.7 Å². The summed E-state index contributed by atoms with van der Waals surface area (Å²) >= 11 is 0. The van der Waals surface area contributed by atoms with Gasteiger partial charge in [0.25, 0.3) is 35.4 Å². The zero-order chi connectivity index (χ0) is 79.0. The molecule has 6 unspecified atom stereocenters. The van der Waals surface area contributed by atoms with E-state index in [2.05, 4.69) is 16.0 Å². The number of hydrogen-bond acceptors (Lipinski definition) is 21. The number of fused-ring (bicyclic) bond motifs is 2. The van der Waals surface area contributed by atoms with E-state index >= 15 is 28.8 Å². The molecule has 4 fully saturated rings. The lowest BCUT2D eigenvalue weighted by Gasteiger charge is -2.38. The molecule has 0 radical (unpaired) electrons. The van der Waals surface area contributed by atoms with Gasteiger partial charge in [-0.25, -0.2) is 29.7 Å². The molecule has 0 spiro atoms. The number of hydrogen-bond donors (Lipinski definition) is 3. The Labute approximate surface area is 665 Å². The van der Waals surface area contributed by atoms with Crippen LogP contribution in [0.4, 0.5) is 40.3 Å². The highest BCUT2D eigenvalue weighted by Gasteiger charge is 2.50. The number of aryl methyl sites for hydroxylation is 1. The summed E-state index contributed by atoms with van der Waals surface area (Å²) in [5, 5.41) is 12.0. The number of imide groups is 2. The van der Waals surface area contributed by atoms with Gasteiger partial charge in [0.1, 0.15) is 81.4 Å². The highest BCUT2D eigenvalue weighted by atomic mass is 16.6. The topological polar surface area (TPSA) is 290 Å². The van der Waals surface area contributed by atoms with E-state index in [1.54, 1.807) is 210 Å². The molecular formula is C91H77N11O14. The fourth-order valence-electron chi connectivity index (χ4n) is 15.7.